The molecule has 4 nitrogen and oxygen atoms in total. The highest BCUT2D eigenvalue weighted by Crippen LogP contribution is 2.21. The highest BCUT2D eigenvalue weighted by atomic mass is 16.5. The van der Waals surface area contributed by atoms with E-state index in [0.29, 0.717) is 5.69 Å². The minimum absolute atomic E-state index is 0.0301. The Bertz CT molecular complexity index is 441. The first-order valence-electron chi connectivity index (χ1n) is 5.49. The molecule has 1 aromatic carbocycles. The molecule has 17 heavy (non-hydrogen) atoms. The summed E-state index contributed by atoms with van der Waals surface area (Å²) in [6.45, 7) is 9.21. The number of rotatable bonds is 3. The summed E-state index contributed by atoms with van der Waals surface area (Å²) in [5.41, 5.74) is 1.82. The van der Waals surface area contributed by atoms with Crippen LogP contribution in [0.1, 0.15) is 5.56 Å². The molecule has 0 bridgehead atoms. The van der Waals surface area contributed by atoms with Gasteiger partial charge in [0.1, 0.15) is 0 Å². The fraction of sp³-hybridized carbons (Fsp3) is 0.385. The maximum atomic E-state index is 11.2. The summed E-state index contributed by atoms with van der Waals surface area (Å²) < 4.78 is 4.68. The standard InChI is InChI=1S/C13H14N2O2/c1-14-12-5-3-10(4-6-12)7-15-8-11(9-15)13(16)17-2/h3-6,11H,7-9H2,2H3. The molecule has 1 fully saturated rings. The minimum Gasteiger partial charge on any atom is -0.469 e. The molecule has 2 rings (SSSR count). The first-order valence-corrected chi connectivity index (χ1v) is 5.49. The Morgan fingerprint density at radius 3 is 2.65 bits per heavy atom. The molecule has 1 saturated heterocycles. The van der Waals surface area contributed by atoms with E-state index in [4.69, 9.17) is 6.57 Å². The number of esters is 1. The van der Waals surface area contributed by atoms with E-state index < -0.39 is 0 Å². The van der Waals surface area contributed by atoms with Gasteiger partial charge in [-0.3, -0.25) is 9.69 Å². The quantitative estimate of drug-likeness (QED) is 0.587. The Hall–Kier alpha value is -1.86. The zero-order valence-electron chi connectivity index (χ0n) is 9.72. The maximum Gasteiger partial charge on any atom is 0.311 e. The number of carbonyl (C=O) groups is 1. The second kappa shape index (κ2) is 4.98. The molecule has 0 radical (unpaired) electrons. The first-order chi connectivity index (χ1) is 8.22. The molecule has 0 unspecified atom stereocenters. The van der Waals surface area contributed by atoms with Gasteiger partial charge in [0, 0.05) is 19.6 Å². The van der Waals surface area contributed by atoms with Gasteiger partial charge < -0.3 is 4.74 Å². The lowest BCUT2D eigenvalue weighted by molar-refractivity contribution is -0.151. The molecule has 1 aromatic rings. The lowest BCUT2D eigenvalue weighted by Gasteiger charge is -2.37. The van der Waals surface area contributed by atoms with Crippen LogP contribution in [0.15, 0.2) is 24.3 Å². The van der Waals surface area contributed by atoms with Crippen molar-refractivity contribution in [1.82, 2.24) is 4.90 Å². The van der Waals surface area contributed by atoms with E-state index in [9.17, 15) is 4.79 Å². The van der Waals surface area contributed by atoms with Crippen LogP contribution in [0.2, 0.25) is 0 Å². The lowest BCUT2D eigenvalue weighted by atomic mass is 9.99. The van der Waals surface area contributed by atoms with Crippen molar-refractivity contribution in [3.8, 4) is 0 Å². The molecule has 4 heteroatoms. The third kappa shape index (κ3) is 2.63. The smallest absolute Gasteiger partial charge is 0.311 e. The van der Waals surface area contributed by atoms with Gasteiger partial charge in [-0.15, -0.1) is 0 Å². The largest absolute Gasteiger partial charge is 0.469 e. The van der Waals surface area contributed by atoms with Gasteiger partial charge in [0.2, 0.25) is 0 Å². The van der Waals surface area contributed by atoms with E-state index in [2.05, 4.69) is 14.5 Å². The fourth-order valence-electron chi connectivity index (χ4n) is 1.95. The average Bonchev–Trinajstić information content (AvgIpc) is 2.33. The number of ether oxygens (including phenoxy) is 1. The zero-order valence-corrected chi connectivity index (χ0v) is 9.72. The van der Waals surface area contributed by atoms with Gasteiger partial charge in [-0.05, 0) is 5.56 Å². The maximum absolute atomic E-state index is 11.2. The number of hydrogen-bond acceptors (Lipinski definition) is 3. The van der Waals surface area contributed by atoms with Crippen molar-refractivity contribution in [2.45, 2.75) is 6.54 Å². The third-order valence-corrected chi connectivity index (χ3v) is 2.96. The molecule has 0 spiro atoms. The van der Waals surface area contributed by atoms with Gasteiger partial charge in [-0.25, -0.2) is 4.85 Å². The SMILES string of the molecule is [C-]#[N+]c1ccc(CN2CC(C(=O)OC)C2)cc1. The van der Waals surface area contributed by atoms with Crippen molar-refractivity contribution in [2.75, 3.05) is 20.2 Å². The Morgan fingerprint density at radius 2 is 2.12 bits per heavy atom. The first kappa shape index (κ1) is 11.6. The molecule has 0 aliphatic carbocycles. The van der Waals surface area contributed by atoms with E-state index in [-0.39, 0.29) is 11.9 Å². The summed E-state index contributed by atoms with van der Waals surface area (Å²) in [6.07, 6.45) is 0. The average molecular weight is 230 g/mol. The van der Waals surface area contributed by atoms with E-state index in [1.165, 1.54) is 12.7 Å². The molecular formula is C13H14N2O2. The van der Waals surface area contributed by atoms with E-state index in [1.807, 2.05) is 24.3 Å². The van der Waals surface area contributed by atoms with Crippen LogP contribution in [0.4, 0.5) is 5.69 Å². The molecular weight excluding hydrogens is 216 g/mol. The highest BCUT2D eigenvalue weighted by Gasteiger charge is 2.32. The van der Waals surface area contributed by atoms with Gasteiger partial charge in [0.05, 0.1) is 19.6 Å². The fourth-order valence-corrected chi connectivity index (χ4v) is 1.95. The predicted octanol–water partition coefficient (Wildman–Crippen LogP) is 1.84. The van der Waals surface area contributed by atoms with Crippen molar-refractivity contribution in [2.24, 2.45) is 5.92 Å². The second-order valence-electron chi connectivity index (χ2n) is 4.19. The number of likely N-dealkylation sites (tertiary alicyclic amines) is 1. The molecule has 0 aromatic heterocycles. The van der Waals surface area contributed by atoms with E-state index in [0.717, 1.165) is 19.6 Å². The molecule has 1 heterocycles. The minimum atomic E-state index is -0.121. The Morgan fingerprint density at radius 1 is 1.47 bits per heavy atom. The van der Waals surface area contributed by atoms with Crippen molar-refractivity contribution in [1.29, 1.82) is 0 Å². The van der Waals surface area contributed by atoms with Gasteiger partial charge >= 0.3 is 5.97 Å². The summed E-state index contributed by atoms with van der Waals surface area (Å²) >= 11 is 0. The predicted molar refractivity (Wildman–Crippen MR) is 63.5 cm³/mol. The van der Waals surface area contributed by atoms with E-state index >= 15 is 0 Å². The van der Waals surface area contributed by atoms with Gasteiger partial charge in [0.25, 0.3) is 0 Å². The Labute approximate surface area is 101 Å². The molecule has 0 amide bonds. The van der Waals surface area contributed by atoms with Crippen LogP contribution in [0.25, 0.3) is 4.85 Å². The van der Waals surface area contributed by atoms with Crippen molar-refractivity contribution in [3.63, 3.8) is 0 Å². The molecule has 0 N–H and O–H groups in total. The van der Waals surface area contributed by atoms with Crippen LogP contribution < -0.4 is 0 Å². The van der Waals surface area contributed by atoms with Crippen LogP contribution in [0, 0.1) is 12.5 Å². The van der Waals surface area contributed by atoms with Crippen LogP contribution in [-0.2, 0) is 16.1 Å². The molecule has 0 saturated carbocycles. The number of hydrogen-bond donors (Lipinski definition) is 0. The van der Waals surface area contributed by atoms with Crippen molar-refractivity contribution in [3.05, 3.63) is 41.2 Å². The van der Waals surface area contributed by atoms with E-state index in [1.54, 1.807) is 0 Å². The summed E-state index contributed by atoms with van der Waals surface area (Å²) in [7, 11) is 1.42. The molecule has 0 atom stereocenters. The Kier molecular flexibility index (Phi) is 3.40. The molecule has 88 valence electrons. The number of methoxy groups -OCH3 is 1. The van der Waals surface area contributed by atoms with Gasteiger partial charge in [-0.2, -0.15) is 0 Å². The van der Waals surface area contributed by atoms with Gasteiger partial charge in [0.15, 0.2) is 5.69 Å². The Balaban J connectivity index is 1.84. The van der Waals surface area contributed by atoms with Crippen LogP contribution in [0.5, 0.6) is 0 Å². The summed E-state index contributed by atoms with van der Waals surface area (Å²) in [4.78, 5) is 16.7. The molecule has 1 aliphatic rings. The summed E-state index contributed by atoms with van der Waals surface area (Å²) in [6, 6.07) is 7.55. The second-order valence-corrected chi connectivity index (χ2v) is 4.19. The zero-order chi connectivity index (χ0) is 12.3. The monoisotopic (exact) mass is 230 g/mol. The number of carbonyl (C=O) groups excluding carboxylic acids is 1. The summed E-state index contributed by atoms with van der Waals surface area (Å²) in [5.74, 6) is -0.0906. The number of nitrogens with zero attached hydrogens (tertiary/aromatic N) is 2. The van der Waals surface area contributed by atoms with Crippen molar-refractivity contribution < 1.29 is 9.53 Å². The topological polar surface area (TPSA) is 33.9 Å². The van der Waals surface area contributed by atoms with Gasteiger partial charge in [-0.1, -0.05) is 24.3 Å². The normalized spacial score (nSPS) is 16.0. The lowest BCUT2D eigenvalue weighted by Crippen LogP contribution is -2.49. The third-order valence-electron chi connectivity index (χ3n) is 2.96. The molecule has 1 aliphatic heterocycles. The van der Waals surface area contributed by atoms with Crippen molar-refractivity contribution >= 4 is 11.7 Å². The number of benzene rings is 1. The highest BCUT2D eigenvalue weighted by molar-refractivity contribution is 5.73. The summed E-state index contributed by atoms with van der Waals surface area (Å²) in [5, 5.41) is 0. The van der Waals surface area contributed by atoms with Crippen LogP contribution in [0.3, 0.4) is 0 Å². The van der Waals surface area contributed by atoms with Crippen LogP contribution >= 0.6 is 0 Å². The van der Waals surface area contributed by atoms with Crippen LogP contribution in [-0.4, -0.2) is 31.1 Å².